The van der Waals surface area contributed by atoms with E-state index in [1.807, 2.05) is 20.8 Å². The maximum Gasteiger partial charge on any atom is 0.265 e. The third kappa shape index (κ3) is 5.32. The van der Waals surface area contributed by atoms with E-state index in [1.165, 1.54) is 11.0 Å². The molecule has 8 heteroatoms. The summed E-state index contributed by atoms with van der Waals surface area (Å²) in [6.07, 6.45) is 3.89. The van der Waals surface area contributed by atoms with Crippen LogP contribution in [0.5, 0.6) is 11.5 Å². The van der Waals surface area contributed by atoms with Crippen molar-refractivity contribution in [2.45, 2.75) is 77.6 Å². The molecule has 36 heavy (non-hydrogen) atoms. The van der Waals surface area contributed by atoms with Crippen LogP contribution in [0.2, 0.25) is 0 Å². The standard InChI is InChI=1S/C28H34F2N2O4/c1-4-35-23-15-8-12-19-24(27(33)31-18-10-6-5-7-11-18)32(16-20-21(29)13-9-14-22(20)30)28(34)25(17(2)3)36-26(19)23/h8-9,12-15,17-18,24-25H,4-7,10-11,16H2,1-3H3,(H,31,33). The fourth-order valence-electron chi connectivity index (χ4n) is 5.03. The van der Waals surface area contributed by atoms with Crippen molar-refractivity contribution >= 4 is 11.8 Å². The van der Waals surface area contributed by atoms with Crippen LogP contribution in [0.15, 0.2) is 36.4 Å². The van der Waals surface area contributed by atoms with Gasteiger partial charge < -0.3 is 19.7 Å². The summed E-state index contributed by atoms with van der Waals surface area (Å²) in [7, 11) is 0. The van der Waals surface area contributed by atoms with E-state index in [0.29, 0.717) is 23.7 Å². The summed E-state index contributed by atoms with van der Waals surface area (Å²) in [5, 5.41) is 3.10. The van der Waals surface area contributed by atoms with E-state index in [-0.39, 0.29) is 17.5 Å². The third-order valence-corrected chi connectivity index (χ3v) is 6.88. The van der Waals surface area contributed by atoms with E-state index in [9.17, 15) is 18.4 Å². The van der Waals surface area contributed by atoms with E-state index >= 15 is 0 Å². The summed E-state index contributed by atoms with van der Waals surface area (Å²) in [6.45, 7) is 5.45. The van der Waals surface area contributed by atoms with E-state index in [4.69, 9.17) is 9.47 Å². The molecule has 2 atom stereocenters. The van der Waals surface area contributed by atoms with Crippen LogP contribution in [-0.4, -0.2) is 35.5 Å². The first-order valence-electron chi connectivity index (χ1n) is 12.8. The van der Waals surface area contributed by atoms with Crippen molar-refractivity contribution in [3.05, 3.63) is 59.2 Å². The van der Waals surface area contributed by atoms with Gasteiger partial charge in [-0.3, -0.25) is 9.59 Å². The number of para-hydroxylation sites is 1. The van der Waals surface area contributed by atoms with Crippen LogP contribution < -0.4 is 14.8 Å². The fraction of sp³-hybridized carbons (Fsp3) is 0.500. The van der Waals surface area contributed by atoms with Crippen LogP contribution in [0.3, 0.4) is 0 Å². The van der Waals surface area contributed by atoms with Crippen LogP contribution in [0.1, 0.15) is 70.0 Å². The summed E-state index contributed by atoms with van der Waals surface area (Å²) < 4.78 is 41.5. The Kier molecular flexibility index (Phi) is 8.11. The minimum Gasteiger partial charge on any atom is -0.490 e. The predicted octanol–water partition coefficient (Wildman–Crippen LogP) is 5.30. The van der Waals surface area contributed by atoms with E-state index < -0.39 is 42.1 Å². The van der Waals surface area contributed by atoms with E-state index in [1.54, 1.807) is 18.2 Å². The Hall–Kier alpha value is -3.16. The first-order valence-corrected chi connectivity index (χ1v) is 12.8. The van der Waals surface area contributed by atoms with Crippen molar-refractivity contribution in [3.63, 3.8) is 0 Å². The van der Waals surface area contributed by atoms with Crippen molar-refractivity contribution in [2.24, 2.45) is 5.92 Å². The average Bonchev–Trinajstić information content (AvgIpc) is 2.97. The van der Waals surface area contributed by atoms with Gasteiger partial charge in [0.15, 0.2) is 17.6 Å². The first-order chi connectivity index (χ1) is 17.3. The molecule has 0 saturated heterocycles. The van der Waals surface area contributed by atoms with Crippen molar-refractivity contribution in [1.29, 1.82) is 0 Å². The van der Waals surface area contributed by atoms with Crippen molar-refractivity contribution < 1.29 is 27.8 Å². The predicted molar refractivity (Wildman–Crippen MR) is 132 cm³/mol. The molecule has 0 bridgehead atoms. The van der Waals surface area contributed by atoms with Gasteiger partial charge in [0.05, 0.1) is 13.2 Å². The van der Waals surface area contributed by atoms with Crippen molar-refractivity contribution in [1.82, 2.24) is 10.2 Å². The van der Waals surface area contributed by atoms with Gasteiger partial charge in [-0.15, -0.1) is 0 Å². The molecule has 1 aliphatic heterocycles. The largest absolute Gasteiger partial charge is 0.490 e. The van der Waals surface area contributed by atoms with Gasteiger partial charge in [0.25, 0.3) is 5.91 Å². The summed E-state index contributed by atoms with van der Waals surface area (Å²) >= 11 is 0. The maximum absolute atomic E-state index is 14.7. The van der Waals surface area contributed by atoms with Crippen LogP contribution in [0, 0.1) is 17.6 Å². The lowest BCUT2D eigenvalue weighted by Crippen LogP contribution is -2.49. The fourth-order valence-corrected chi connectivity index (χ4v) is 5.03. The smallest absolute Gasteiger partial charge is 0.265 e. The molecule has 1 fully saturated rings. The molecule has 1 saturated carbocycles. The van der Waals surface area contributed by atoms with Crippen LogP contribution in [0.25, 0.3) is 0 Å². The van der Waals surface area contributed by atoms with Gasteiger partial charge in [-0.2, -0.15) is 0 Å². The number of amides is 2. The molecule has 2 aliphatic rings. The molecule has 2 unspecified atom stereocenters. The highest BCUT2D eigenvalue weighted by Gasteiger charge is 2.44. The third-order valence-electron chi connectivity index (χ3n) is 6.88. The topological polar surface area (TPSA) is 67.9 Å². The van der Waals surface area contributed by atoms with E-state index in [0.717, 1.165) is 44.2 Å². The van der Waals surface area contributed by atoms with Crippen molar-refractivity contribution in [2.75, 3.05) is 6.61 Å². The second-order valence-electron chi connectivity index (χ2n) is 9.80. The normalized spacial score (nSPS) is 20.5. The number of benzene rings is 2. The first kappa shape index (κ1) is 25.9. The van der Waals surface area contributed by atoms with Gasteiger partial charge in [-0.1, -0.05) is 51.3 Å². The van der Waals surface area contributed by atoms with Gasteiger partial charge in [0, 0.05) is 17.2 Å². The molecular formula is C28H34F2N2O4. The number of ether oxygens (including phenoxy) is 2. The number of nitrogens with one attached hydrogen (secondary N) is 1. The minimum absolute atomic E-state index is 0.0167. The molecule has 1 aliphatic carbocycles. The molecule has 6 nitrogen and oxygen atoms in total. The highest BCUT2D eigenvalue weighted by molar-refractivity contribution is 5.92. The maximum atomic E-state index is 14.7. The highest BCUT2D eigenvalue weighted by atomic mass is 19.1. The molecule has 4 rings (SSSR count). The molecule has 0 radical (unpaired) electrons. The summed E-state index contributed by atoms with van der Waals surface area (Å²) in [5.74, 6) is -1.99. The Labute approximate surface area is 211 Å². The molecule has 0 aromatic heterocycles. The van der Waals surface area contributed by atoms with Gasteiger partial charge in [0.1, 0.15) is 17.7 Å². The quantitative estimate of drug-likeness (QED) is 0.560. The number of carbonyl (C=O) groups is 2. The monoisotopic (exact) mass is 500 g/mol. The number of hydrogen-bond acceptors (Lipinski definition) is 4. The number of nitrogens with zero attached hydrogens (tertiary/aromatic N) is 1. The number of carbonyl (C=O) groups excluding carboxylic acids is 2. The number of fused-ring (bicyclic) bond motifs is 1. The Morgan fingerprint density at radius 2 is 1.78 bits per heavy atom. The zero-order chi connectivity index (χ0) is 25.8. The molecule has 1 heterocycles. The molecule has 194 valence electrons. The summed E-state index contributed by atoms with van der Waals surface area (Å²) in [6, 6.07) is 7.58. The van der Waals surface area contributed by atoms with Gasteiger partial charge in [0.2, 0.25) is 5.91 Å². The Morgan fingerprint density at radius 1 is 1.11 bits per heavy atom. The molecular weight excluding hydrogens is 466 g/mol. The second kappa shape index (κ2) is 11.3. The Morgan fingerprint density at radius 3 is 2.42 bits per heavy atom. The number of hydrogen-bond donors (Lipinski definition) is 1. The zero-order valence-electron chi connectivity index (χ0n) is 21.1. The van der Waals surface area contributed by atoms with E-state index in [2.05, 4.69) is 5.32 Å². The van der Waals surface area contributed by atoms with Crippen LogP contribution >= 0.6 is 0 Å². The lowest BCUT2D eigenvalue weighted by Gasteiger charge is -2.33. The number of halogens is 2. The number of rotatable bonds is 7. The Bertz CT molecular complexity index is 1080. The van der Waals surface area contributed by atoms with Crippen LogP contribution in [-0.2, 0) is 16.1 Å². The lowest BCUT2D eigenvalue weighted by molar-refractivity contribution is -0.147. The van der Waals surface area contributed by atoms with Gasteiger partial charge >= 0.3 is 0 Å². The van der Waals surface area contributed by atoms with Gasteiger partial charge in [-0.25, -0.2) is 8.78 Å². The van der Waals surface area contributed by atoms with Crippen LogP contribution in [0.4, 0.5) is 8.78 Å². The molecule has 2 amide bonds. The Balaban J connectivity index is 1.84. The summed E-state index contributed by atoms with van der Waals surface area (Å²) in [5.41, 5.74) is 0.163. The molecule has 2 aromatic rings. The highest BCUT2D eigenvalue weighted by Crippen LogP contribution is 2.42. The average molecular weight is 501 g/mol. The minimum atomic E-state index is -1.14. The molecule has 0 spiro atoms. The SMILES string of the molecule is CCOc1cccc2c1OC(C(C)C)C(=O)N(Cc1c(F)cccc1F)C2C(=O)NC1CCCCC1. The zero-order valence-corrected chi connectivity index (χ0v) is 21.1. The summed E-state index contributed by atoms with van der Waals surface area (Å²) in [4.78, 5) is 29.0. The van der Waals surface area contributed by atoms with Gasteiger partial charge in [-0.05, 0) is 43.9 Å². The molecule has 1 N–H and O–H groups in total. The lowest BCUT2D eigenvalue weighted by atomic mass is 9.94. The molecule has 2 aromatic carbocycles. The second-order valence-corrected chi connectivity index (χ2v) is 9.80. The van der Waals surface area contributed by atoms with Crippen molar-refractivity contribution in [3.8, 4) is 11.5 Å².